The van der Waals surface area contributed by atoms with Gasteiger partial charge < -0.3 is 4.42 Å². The van der Waals surface area contributed by atoms with E-state index in [0.29, 0.717) is 0 Å². The normalized spacial score (nSPS) is 13.1. The summed E-state index contributed by atoms with van der Waals surface area (Å²) in [6.07, 6.45) is 3.78. The van der Waals surface area contributed by atoms with E-state index in [1.807, 2.05) is 24.5 Å². The second-order valence-electron chi connectivity index (χ2n) is 16.4. The molecule has 0 radical (unpaired) electrons. The lowest BCUT2D eigenvalue weighted by atomic mass is 10.1. The van der Waals surface area contributed by atoms with Gasteiger partial charge in [0.1, 0.15) is 17.0 Å². The maximum absolute atomic E-state index is 7.14. The van der Waals surface area contributed by atoms with Crippen LogP contribution in [0.4, 0.5) is 17.2 Å². The molecule has 8 aromatic carbocycles. The van der Waals surface area contributed by atoms with Crippen LogP contribution in [0.5, 0.6) is 0 Å². The van der Waals surface area contributed by atoms with Gasteiger partial charge in [0.2, 0.25) is 0 Å². The van der Waals surface area contributed by atoms with E-state index in [2.05, 4.69) is 229 Å². The molecule has 0 aliphatic carbocycles. The zero-order valence-corrected chi connectivity index (χ0v) is 36.9. The molecular formula is C58H41N3OSi2. The third-order valence-electron chi connectivity index (χ3n) is 13.2. The van der Waals surface area contributed by atoms with Gasteiger partial charge in [-0.3, -0.25) is 9.88 Å². The number of anilines is 3. The molecule has 11 aromatic rings. The van der Waals surface area contributed by atoms with Crippen LogP contribution in [0.1, 0.15) is 0 Å². The molecule has 12 rings (SSSR count). The molecule has 0 fully saturated rings. The zero-order chi connectivity index (χ0) is 42.5. The van der Waals surface area contributed by atoms with Crippen molar-refractivity contribution in [3.05, 3.63) is 249 Å². The van der Waals surface area contributed by atoms with Gasteiger partial charge in [-0.15, -0.1) is 0 Å². The number of rotatable bonds is 8. The Kier molecular flexibility index (Phi) is 9.14. The van der Waals surface area contributed by atoms with Crippen LogP contribution in [-0.4, -0.2) is 26.1 Å². The number of para-hydroxylation sites is 1. The monoisotopic (exact) mass is 851 g/mol. The first-order chi connectivity index (χ1) is 31.8. The van der Waals surface area contributed by atoms with Crippen molar-refractivity contribution in [1.82, 2.24) is 9.97 Å². The molecule has 64 heavy (non-hydrogen) atoms. The van der Waals surface area contributed by atoms with Crippen molar-refractivity contribution >= 4 is 96.8 Å². The minimum absolute atomic E-state index is 0.852. The number of hydrogen-bond acceptors (Lipinski definition) is 4. The molecule has 0 spiro atoms. The minimum atomic E-state index is -3.21. The van der Waals surface area contributed by atoms with E-state index in [-0.39, 0.29) is 0 Å². The van der Waals surface area contributed by atoms with Gasteiger partial charge in [0, 0.05) is 39.6 Å². The minimum Gasteiger partial charge on any atom is -0.456 e. The fraction of sp³-hybridized carbons (Fsp3) is 0. The number of benzene rings is 8. The van der Waals surface area contributed by atoms with Gasteiger partial charge in [-0.05, 0) is 84.8 Å². The lowest BCUT2D eigenvalue weighted by molar-refractivity contribution is 0.671. The molecule has 0 saturated carbocycles. The average molecular weight is 852 g/mol. The molecule has 0 unspecified atom stereocenters. The van der Waals surface area contributed by atoms with Crippen LogP contribution >= 0.6 is 0 Å². The van der Waals surface area contributed by atoms with Crippen molar-refractivity contribution in [1.29, 1.82) is 0 Å². The summed E-state index contributed by atoms with van der Waals surface area (Å²) in [6.45, 7) is 0. The van der Waals surface area contributed by atoms with Crippen LogP contribution in [0.15, 0.2) is 253 Å². The predicted molar refractivity (Wildman–Crippen MR) is 270 cm³/mol. The Balaban J connectivity index is 1.25. The van der Waals surface area contributed by atoms with Crippen molar-refractivity contribution in [2.45, 2.75) is 0 Å². The second kappa shape index (κ2) is 15.5. The van der Waals surface area contributed by atoms with Crippen molar-refractivity contribution in [3.8, 4) is 11.3 Å². The number of pyridine rings is 2. The Morgan fingerprint density at radius 2 is 1.02 bits per heavy atom. The smallest absolute Gasteiger partial charge is 0.188 e. The Morgan fingerprint density at radius 3 is 1.67 bits per heavy atom. The van der Waals surface area contributed by atoms with Gasteiger partial charge in [0.25, 0.3) is 0 Å². The Bertz CT molecular complexity index is 3360. The molecule has 0 bridgehead atoms. The summed E-state index contributed by atoms with van der Waals surface area (Å²) in [5.41, 5.74) is 6.07. The molecule has 0 amide bonds. The lowest BCUT2D eigenvalue weighted by Gasteiger charge is -2.45. The Labute approximate surface area is 374 Å². The number of aromatic nitrogens is 2. The first-order valence-electron chi connectivity index (χ1n) is 21.8. The van der Waals surface area contributed by atoms with E-state index < -0.39 is 16.1 Å². The van der Waals surface area contributed by atoms with Crippen molar-refractivity contribution in [2.24, 2.45) is 0 Å². The van der Waals surface area contributed by atoms with Gasteiger partial charge in [0.15, 0.2) is 16.1 Å². The zero-order valence-electron chi connectivity index (χ0n) is 34.9. The topological polar surface area (TPSA) is 42.2 Å². The summed E-state index contributed by atoms with van der Waals surface area (Å²) < 4.78 is 7.14. The first kappa shape index (κ1) is 37.8. The van der Waals surface area contributed by atoms with E-state index >= 15 is 0 Å². The molecule has 4 heterocycles. The largest absolute Gasteiger partial charge is 0.456 e. The summed E-state index contributed by atoms with van der Waals surface area (Å²) in [5, 5.41) is 12.5. The fourth-order valence-corrected chi connectivity index (χ4v) is 20.5. The molecular weight excluding hydrogens is 811 g/mol. The van der Waals surface area contributed by atoms with Gasteiger partial charge >= 0.3 is 0 Å². The number of hydrogen-bond donors (Lipinski definition) is 0. The van der Waals surface area contributed by atoms with E-state index in [0.717, 1.165) is 50.4 Å². The maximum atomic E-state index is 7.14. The van der Waals surface area contributed by atoms with Gasteiger partial charge in [0.05, 0.1) is 11.4 Å². The molecule has 1 aliphatic rings. The average Bonchev–Trinajstić information content (AvgIpc) is 3.77. The molecule has 6 heteroatoms. The fourth-order valence-electron chi connectivity index (χ4n) is 10.6. The van der Waals surface area contributed by atoms with Crippen molar-refractivity contribution < 1.29 is 4.42 Å². The predicted octanol–water partition coefficient (Wildman–Crippen LogP) is 8.58. The number of fused-ring (bicyclic) bond motifs is 6. The third-order valence-corrected chi connectivity index (χ3v) is 22.8. The lowest BCUT2D eigenvalue weighted by Crippen LogP contribution is -2.78. The molecule has 0 N–H and O–H groups in total. The molecule has 302 valence electrons. The first-order valence-corrected chi connectivity index (χ1v) is 25.8. The SMILES string of the molecule is c1ccc([Si](c2ccccc2)(c2cccc(-c3ccccn3)c2)c2ccc3c(c2)N(c2ccccn2)c2ccc4c(oc5ccccc54)c2[Si]3(c2ccccc2)c2ccccc2)cc1. The maximum Gasteiger partial charge on any atom is 0.188 e. The summed E-state index contributed by atoms with van der Waals surface area (Å²) in [4.78, 5) is 12.4. The van der Waals surface area contributed by atoms with Crippen LogP contribution in [0, 0.1) is 0 Å². The molecule has 1 aliphatic heterocycles. The quantitative estimate of drug-likeness (QED) is 0.114. The molecule has 0 atom stereocenters. The van der Waals surface area contributed by atoms with Crippen molar-refractivity contribution in [3.63, 3.8) is 0 Å². The number of nitrogens with zero attached hydrogens (tertiary/aromatic N) is 3. The molecule has 3 aromatic heterocycles. The summed E-state index contributed by atoms with van der Waals surface area (Å²) in [5.74, 6) is 0.852. The highest BCUT2D eigenvalue weighted by Crippen LogP contribution is 2.41. The highest BCUT2D eigenvalue weighted by molar-refractivity contribution is 7.23. The molecule has 4 nitrogen and oxygen atoms in total. The van der Waals surface area contributed by atoms with Crippen LogP contribution < -0.4 is 46.4 Å². The standard InChI is InChI=1S/C58H41N3OSi2/c1-5-21-43(22-6-1)63(44-23-7-2-8-24-44,47-29-19-20-42(40-47)51-31-15-17-38-59-51)48-34-37-55-53(41-48)61(56-33-16-18-39-60-56)52-36-35-50-49-30-13-14-32-54(49)62-57(50)58(52)64(55,45-25-9-3-10-26-45)46-27-11-4-12-28-46/h1-41H. The van der Waals surface area contributed by atoms with Gasteiger partial charge in [-0.25, -0.2) is 4.98 Å². The van der Waals surface area contributed by atoms with Crippen LogP contribution in [0.2, 0.25) is 0 Å². The van der Waals surface area contributed by atoms with E-state index in [9.17, 15) is 0 Å². The Morgan fingerprint density at radius 1 is 0.422 bits per heavy atom. The third kappa shape index (κ3) is 5.73. The van der Waals surface area contributed by atoms with Crippen LogP contribution in [0.3, 0.4) is 0 Å². The summed E-state index contributed by atoms with van der Waals surface area (Å²) in [7, 11) is -6.30. The van der Waals surface area contributed by atoms with Crippen molar-refractivity contribution in [2.75, 3.05) is 4.90 Å². The second-order valence-corrected chi connectivity index (χ2v) is 24.0. The summed E-state index contributed by atoms with van der Waals surface area (Å²) in [6, 6.07) is 86.8. The van der Waals surface area contributed by atoms with E-state index in [4.69, 9.17) is 14.4 Å². The molecule has 0 saturated heterocycles. The Hall–Kier alpha value is -7.91. The van der Waals surface area contributed by atoms with E-state index in [1.54, 1.807) is 0 Å². The highest BCUT2D eigenvalue weighted by Gasteiger charge is 2.52. The number of furan rings is 1. The highest BCUT2D eigenvalue weighted by atomic mass is 28.3. The van der Waals surface area contributed by atoms with Gasteiger partial charge in [-0.2, -0.15) is 0 Å². The van der Waals surface area contributed by atoms with Crippen LogP contribution in [-0.2, 0) is 0 Å². The van der Waals surface area contributed by atoms with E-state index in [1.165, 1.54) is 41.5 Å². The van der Waals surface area contributed by atoms with Crippen LogP contribution in [0.25, 0.3) is 33.2 Å². The summed E-state index contributed by atoms with van der Waals surface area (Å²) >= 11 is 0. The van der Waals surface area contributed by atoms with Gasteiger partial charge in [-0.1, -0.05) is 188 Å².